The number of nitrogens with one attached hydrogen (secondary N) is 2. The maximum absolute atomic E-state index is 12.6. The molecular weight excluding hydrogens is 524 g/mol. The van der Waals surface area contributed by atoms with E-state index < -0.39 is 6.36 Å². The van der Waals surface area contributed by atoms with Gasteiger partial charge in [-0.1, -0.05) is 36.4 Å². The number of hydrogen-bond donors (Lipinski definition) is 2. The van der Waals surface area contributed by atoms with Crippen LogP contribution in [0.2, 0.25) is 0 Å². The number of aromatic nitrogens is 3. The second-order valence-electron chi connectivity index (χ2n) is 6.16. The summed E-state index contributed by atoms with van der Waals surface area (Å²) in [5.74, 6) is 0.822. The average molecular weight is 546 g/mol. The monoisotopic (exact) mass is 546 g/mol. The fourth-order valence-corrected chi connectivity index (χ4v) is 2.71. The van der Waals surface area contributed by atoms with Crippen molar-refractivity contribution in [3.8, 4) is 11.4 Å². The molecule has 2 N–H and O–H groups in total. The van der Waals surface area contributed by atoms with Gasteiger partial charge < -0.3 is 15.4 Å². The molecule has 0 aliphatic heterocycles. The molecule has 0 unspecified atom stereocenters. The van der Waals surface area contributed by atoms with Crippen LogP contribution in [0.5, 0.6) is 5.75 Å². The van der Waals surface area contributed by atoms with E-state index in [0.29, 0.717) is 30.4 Å². The minimum atomic E-state index is -4.76. The summed E-state index contributed by atoms with van der Waals surface area (Å²) in [5.41, 5.74) is 1.24. The van der Waals surface area contributed by atoms with E-state index in [0.717, 1.165) is 5.69 Å². The molecular formula is C20H22F3IN6O. The number of nitrogens with zero attached hydrogens (tertiary/aromatic N) is 4. The third-order valence-corrected chi connectivity index (χ3v) is 4.02. The second-order valence-corrected chi connectivity index (χ2v) is 6.16. The van der Waals surface area contributed by atoms with Crippen LogP contribution in [-0.4, -0.2) is 33.6 Å². The number of halogens is 4. The van der Waals surface area contributed by atoms with Crippen LogP contribution in [0.1, 0.15) is 18.3 Å². The van der Waals surface area contributed by atoms with Crippen LogP contribution in [0, 0.1) is 0 Å². The Balaban J connectivity index is 0.00000341. The molecule has 0 fully saturated rings. The Bertz CT molecular complexity index is 978. The first-order valence-corrected chi connectivity index (χ1v) is 9.26. The lowest BCUT2D eigenvalue weighted by Crippen LogP contribution is -2.37. The fraction of sp³-hybridized carbons (Fsp3) is 0.250. The smallest absolute Gasteiger partial charge is 0.405 e. The molecule has 0 atom stereocenters. The average Bonchev–Trinajstić information content (AvgIpc) is 3.19. The summed E-state index contributed by atoms with van der Waals surface area (Å²) in [7, 11) is 0. The van der Waals surface area contributed by atoms with E-state index >= 15 is 0 Å². The first-order valence-electron chi connectivity index (χ1n) is 9.26. The standard InChI is InChI=1S/C20H21F3N6O.HI/c1-2-24-19(25-12-15-8-6-7-11-17(15)30-20(21,22)23)26-13-18-28-27-14-29(18)16-9-4-3-5-10-16;/h3-11,14H,2,12-13H2,1H3,(H2,24,25,26);1H. The van der Waals surface area contributed by atoms with Gasteiger partial charge in [0.2, 0.25) is 0 Å². The quantitative estimate of drug-likeness (QED) is 0.266. The second kappa shape index (κ2) is 11.5. The van der Waals surface area contributed by atoms with Crippen LogP contribution >= 0.6 is 24.0 Å². The van der Waals surface area contributed by atoms with Gasteiger partial charge in [0.25, 0.3) is 0 Å². The number of aliphatic imine (C=N–C) groups is 1. The Labute approximate surface area is 194 Å². The lowest BCUT2D eigenvalue weighted by molar-refractivity contribution is -0.274. The Morgan fingerprint density at radius 1 is 1.06 bits per heavy atom. The molecule has 11 heteroatoms. The topological polar surface area (TPSA) is 76.4 Å². The normalized spacial score (nSPS) is 11.5. The molecule has 3 aromatic rings. The van der Waals surface area contributed by atoms with E-state index in [1.165, 1.54) is 12.1 Å². The van der Waals surface area contributed by atoms with Crippen molar-refractivity contribution in [3.63, 3.8) is 0 Å². The zero-order valence-electron chi connectivity index (χ0n) is 16.6. The van der Waals surface area contributed by atoms with Gasteiger partial charge in [-0.15, -0.1) is 47.3 Å². The van der Waals surface area contributed by atoms with Crippen molar-refractivity contribution in [3.05, 3.63) is 72.3 Å². The van der Waals surface area contributed by atoms with Crippen LogP contribution in [0.25, 0.3) is 5.69 Å². The van der Waals surface area contributed by atoms with Gasteiger partial charge in [0.1, 0.15) is 12.1 Å². The summed E-state index contributed by atoms with van der Waals surface area (Å²) < 4.78 is 43.7. The maximum Gasteiger partial charge on any atom is 0.573 e. The molecule has 0 amide bonds. The van der Waals surface area contributed by atoms with Crippen molar-refractivity contribution in [2.45, 2.75) is 26.4 Å². The van der Waals surface area contributed by atoms with E-state index in [4.69, 9.17) is 0 Å². The van der Waals surface area contributed by atoms with E-state index in [9.17, 15) is 13.2 Å². The molecule has 0 saturated carbocycles. The van der Waals surface area contributed by atoms with Gasteiger partial charge in [0.05, 0.1) is 13.1 Å². The van der Waals surface area contributed by atoms with Crippen molar-refractivity contribution in [1.29, 1.82) is 0 Å². The predicted molar refractivity (Wildman–Crippen MR) is 122 cm³/mol. The van der Waals surface area contributed by atoms with Crippen molar-refractivity contribution >= 4 is 29.9 Å². The molecule has 3 rings (SSSR count). The van der Waals surface area contributed by atoms with Crippen molar-refractivity contribution in [1.82, 2.24) is 25.4 Å². The van der Waals surface area contributed by atoms with Gasteiger partial charge in [0, 0.05) is 17.8 Å². The summed E-state index contributed by atoms with van der Waals surface area (Å²) in [5, 5.41) is 14.3. The molecule has 0 saturated heterocycles. The van der Waals surface area contributed by atoms with Crippen LogP contribution < -0.4 is 15.4 Å². The zero-order valence-corrected chi connectivity index (χ0v) is 19.0. The Kier molecular flexibility index (Phi) is 9.09. The molecule has 1 heterocycles. The first-order chi connectivity index (χ1) is 14.5. The Hall–Kier alpha value is -2.83. The number of guanidine groups is 1. The molecule has 166 valence electrons. The van der Waals surface area contributed by atoms with Crippen molar-refractivity contribution in [2.24, 2.45) is 4.99 Å². The summed E-state index contributed by atoms with van der Waals surface area (Å²) in [6, 6.07) is 15.5. The number of ether oxygens (including phenoxy) is 1. The van der Waals surface area contributed by atoms with Gasteiger partial charge >= 0.3 is 6.36 Å². The van der Waals surface area contributed by atoms with Gasteiger partial charge in [-0.2, -0.15) is 0 Å². The third kappa shape index (κ3) is 7.42. The molecule has 31 heavy (non-hydrogen) atoms. The highest BCUT2D eigenvalue weighted by molar-refractivity contribution is 14.0. The van der Waals surface area contributed by atoms with Crippen LogP contribution in [-0.2, 0) is 13.1 Å². The zero-order chi connectivity index (χ0) is 21.4. The highest BCUT2D eigenvalue weighted by Crippen LogP contribution is 2.26. The van der Waals surface area contributed by atoms with Gasteiger partial charge in [0.15, 0.2) is 11.8 Å². The third-order valence-electron chi connectivity index (χ3n) is 4.02. The van der Waals surface area contributed by atoms with Crippen molar-refractivity contribution in [2.75, 3.05) is 6.54 Å². The van der Waals surface area contributed by atoms with Crippen LogP contribution in [0.3, 0.4) is 0 Å². The van der Waals surface area contributed by atoms with Gasteiger partial charge in [-0.05, 0) is 25.1 Å². The summed E-state index contributed by atoms with van der Waals surface area (Å²) in [4.78, 5) is 4.37. The molecule has 0 aliphatic carbocycles. The number of benzene rings is 2. The number of para-hydroxylation sites is 2. The van der Waals surface area contributed by atoms with Crippen LogP contribution in [0.4, 0.5) is 13.2 Å². The van der Waals surface area contributed by atoms with E-state index in [1.54, 1.807) is 18.5 Å². The fourth-order valence-electron chi connectivity index (χ4n) is 2.71. The van der Waals surface area contributed by atoms with Gasteiger partial charge in [-0.3, -0.25) is 4.57 Å². The minimum absolute atomic E-state index is 0. The Morgan fingerprint density at radius 2 is 1.77 bits per heavy atom. The molecule has 0 bridgehead atoms. The van der Waals surface area contributed by atoms with Gasteiger partial charge in [-0.25, -0.2) is 4.99 Å². The minimum Gasteiger partial charge on any atom is -0.405 e. The number of hydrogen-bond acceptors (Lipinski definition) is 4. The molecule has 0 radical (unpaired) electrons. The number of rotatable bonds is 7. The molecule has 2 aromatic carbocycles. The predicted octanol–water partition coefficient (Wildman–Crippen LogP) is 4.04. The molecule has 0 spiro atoms. The lowest BCUT2D eigenvalue weighted by atomic mass is 10.2. The molecule has 1 aromatic heterocycles. The molecule has 0 aliphatic rings. The summed E-state index contributed by atoms with van der Waals surface area (Å²) >= 11 is 0. The maximum atomic E-state index is 12.6. The first kappa shape index (κ1) is 24.4. The van der Waals surface area contributed by atoms with Crippen LogP contribution in [0.15, 0.2) is 65.9 Å². The largest absolute Gasteiger partial charge is 0.573 e. The SMILES string of the molecule is CCNC(=NCc1ccccc1OC(F)(F)F)NCc1nncn1-c1ccccc1.I. The van der Waals surface area contributed by atoms with E-state index in [-0.39, 0.29) is 36.3 Å². The summed E-state index contributed by atoms with van der Waals surface area (Å²) in [6.07, 6.45) is -3.15. The highest BCUT2D eigenvalue weighted by Gasteiger charge is 2.31. The lowest BCUT2D eigenvalue weighted by Gasteiger charge is -2.14. The summed E-state index contributed by atoms with van der Waals surface area (Å²) in [6.45, 7) is 2.80. The highest BCUT2D eigenvalue weighted by atomic mass is 127. The van der Waals surface area contributed by atoms with E-state index in [1.807, 2.05) is 41.8 Å². The Morgan fingerprint density at radius 3 is 2.48 bits per heavy atom. The van der Waals surface area contributed by atoms with Crippen molar-refractivity contribution < 1.29 is 17.9 Å². The number of alkyl halides is 3. The molecule has 7 nitrogen and oxygen atoms in total. The van der Waals surface area contributed by atoms with E-state index in [2.05, 4.69) is 30.6 Å².